The minimum Gasteiger partial charge on any atom is -0.462 e. The molecule has 0 bridgehead atoms. The van der Waals surface area contributed by atoms with Crippen LogP contribution in [0.4, 0.5) is 0 Å². The second-order valence-corrected chi connectivity index (χ2v) is 6.92. The quantitative estimate of drug-likeness (QED) is 0.669. The standard InChI is InChI=1S/C22H19ClN2O3/c1-2-28-22(27)17-13-25(21(26)16-8-3-5-9-18(16)23)12-11-15-14-7-4-6-10-19(14)24-20(15)17/h3-10,13,24H,2,11-12H2,1H3. The van der Waals surface area contributed by atoms with Crippen LogP contribution in [0.25, 0.3) is 16.5 Å². The molecule has 2 heterocycles. The van der Waals surface area contributed by atoms with Gasteiger partial charge in [0.15, 0.2) is 0 Å². The maximum atomic E-state index is 13.1. The lowest BCUT2D eigenvalue weighted by Crippen LogP contribution is -2.28. The molecule has 0 spiro atoms. The molecular formula is C22H19ClN2O3. The van der Waals surface area contributed by atoms with Crippen molar-refractivity contribution in [2.45, 2.75) is 13.3 Å². The summed E-state index contributed by atoms with van der Waals surface area (Å²) in [6, 6.07) is 14.8. The van der Waals surface area contributed by atoms with Crippen molar-refractivity contribution in [1.82, 2.24) is 9.88 Å². The first-order valence-electron chi connectivity index (χ1n) is 9.14. The van der Waals surface area contributed by atoms with Gasteiger partial charge in [0.2, 0.25) is 0 Å². The number of rotatable bonds is 3. The summed E-state index contributed by atoms with van der Waals surface area (Å²) in [5.74, 6) is -0.712. The topological polar surface area (TPSA) is 62.4 Å². The predicted octanol–water partition coefficient (Wildman–Crippen LogP) is 4.42. The molecule has 0 fully saturated rings. The van der Waals surface area contributed by atoms with Gasteiger partial charge >= 0.3 is 5.97 Å². The second-order valence-electron chi connectivity index (χ2n) is 6.52. The second kappa shape index (κ2) is 7.52. The fourth-order valence-corrected chi connectivity index (χ4v) is 3.74. The number of amides is 1. The van der Waals surface area contributed by atoms with E-state index in [1.165, 1.54) is 4.90 Å². The summed E-state index contributed by atoms with van der Waals surface area (Å²) in [6.45, 7) is 2.44. The number of carbonyl (C=O) groups excluding carboxylic acids is 2. The third kappa shape index (κ3) is 3.18. The van der Waals surface area contributed by atoms with E-state index in [1.807, 2.05) is 24.3 Å². The molecule has 0 aliphatic carbocycles. The van der Waals surface area contributed by atoms with Gasteiger partial charge < -0.3 is 14.6 Å². The van der Waals surface area contributed by atoms with Crippen LogP contribution in [0.3, 0.4) is 0 Å². The highest BCUT2D eigenvalue weighted by Gasteiger charge is 2.28. The summed E-state index contributed by atoms with van der Waals surface area (Å²) in [4.78, 5) is 30.6. The van der Waals surface area contributed by atoms with Crippen molar-refractivity contribution in [2.24, 2.45) is 0 Å². The largest absolute Gasteiger partial charge is 0.462 e. The van der Waals surface area contributed by atoms with Crippen molar-refractivity contribution in [3.8, 4) is 0 Å². The number of carbonyl (C=O) groups is 2. The van der Waals surface area contributed by atoms with E-state index in [2.05, 4.69) is 4.98 Å². The summed E-state index contributed by atoms with van der Waals surface area (Å²) in [5.41, 5.74) is 3.40. The van der Waals surface area contributed by atoms with Gasteiger partial charge in [-0.1, -0.05) is 41.9 Å². The summed E-state index contributed by atoms with van der Waals surface area (Å²) < 4.78 is 5.26. The van der Waals surface area contributed by atoms with Gasteiger partial charge in [0, 0.05) is 23.6 Å². The van der Waals surface area contributed by atoms with E-state index >= 15 is 0 Å². The smallest absolute Gasteiger partial charge is 0.341 e. The molecule has 0 saturated heterocycles. The molecule has 1 aliphatic heterocycles. The number of aromatic amines is 1. The Hall–Kier alpha value is -3.05. The normalized spacial score (nSPS) is 13.6. The average molecular weight is 395 g/mol. The number of aromatic nitrogens is 1. The van der Waals surface area contributed by atoms with Crippen LogP contribution < -0.4 is 0 Å². The lowest BCUT2D eigenvalue weighted by Gasteiger charge is -2.18. The molecule has 1 amide bonds. The number of ether oxygens (including phenoxy) is 1. The lowest BCUT2D eigenvalue weighted by atomic mass is 10.0. The van der Waals surface area contributed by atoms with Gasteiger partial charge in [-0.15, -0.1) is 0 Å². The maximum absolute atomic E-state index is 13.1. The molecule has 4 rings (SSSR count). The van der Waals surface area contributed by atoms with Crippen LogP contribution in [0.15, 0.2) is 54.7 Å². The zero-order chi connectivity index (χ0) is 19.7. The van der Waals surface area contributed by atoms with Gasteiger partial charge in [0.1, 0.15) is 0 Å². The van der Waals surface area contributed by atoms with E-state index in [0.717, 1.165) is 16.5 Å². The Balaban J connectivity index is 1.81. The fourth-order valence-electron chi connectivity index (χ4n) is 3.52. The number of para-hydroxylation sites is 1. The molecule has 2 aromatic carbocycles. The first-order chi connectivity index (χ1) is 13.6. The molecule has 3 aromatic rings. The first kappa shape index (κ1) is 18.3. The summed E-state index contributed by atoms with van der Waals surface area (Å²) in [6.07, 6.45) is 2.18. The highest BCUT2D eigenvalue weighted by Crippen LogP contribution is 2.32. The van der Waals surface area contributed by atoms with Crippen molar-refractivity contribution >= 4 is 40.0 Å². The molecule has 5 nitrogen and oxygen atoms in total. The number of hydrogen-bond donors (Lipinski definition) is 1. The van der Waals surface area contributed by atoms with Gasteiger partial charge in [0.25, 0.3) is 5.91 Å². The number of nitrogens with one attached hydrogen (secondary N) is 1. The van der Waals surface area contributed by atoms with Crippen molar-refractivity contribution in [3.05, 3.63) is 76.6 Å². The maximum Gasteiger partial charge on any atom is 0.341 e. The summed E-state index contributed by atoms with van der Waals surface area (Å²) in [5, 5.41) is 1.42. The van der Waals surface area contributed by atoms with E-state index in [4.69, 9.17) is 16.3 Å². The molecular weight excluding hydrogens is 376 g/mol. The third-order valence-corrected chi connectivity index (χ3v) is 5.16. The van der Waals surface area contributed by atoms with E-state index in [9.17, 15) is 9.59 Å². The lowest BCUT2D eigenvalue weighted by molar-refractivity contribution is -0.136. The van der Waals surface area contributed by atoms with Crippen LogP contribution in [0.5, 0.6) is 0 Å². The molecule has 1 aromatic heterocycles. The summed E-state index contributed by atoms with van der Waals surface area (Å²) >= 11 is 6.21. The van der Waals surface area contributed by atoms with Crippen LogP contribution in [0, 0.1) is 0 Å². The van der Waals surface area contributed by atoms with E-state index in [1.54, 1.807) is 37.4 Å². The van der Waals surface area contributed by atoms with E-state index in [-0.39, 0.29) is 12.5 Å². The zero-order valence-corrected chi connectivity index (χ0v) is 16.1. The molecule has 6 heteroatoms. The number of hydrogen-bond acceptors (Lipinski definition) is 3. The average Bonchev–Trinajstić information content (AvgIpc) is 2.95. The van der Waals surface area contributed by atoms with Gasteiger partial charge in [-0.25, -0.2) is 4.79 Å². The molecule has 28 heavy (non-hydrogen) atoms. The Morgan fingerprint density at radius 2 is 1.89 bits per heavy atom. The molecule has 0 saturated carbocycles. The van der Waals surface area contributed by atoms with Crippen LogP contribution in [0.1, 0.15) is 28.5 Å². The molecule has 0 atom stereocenters. The van der Waals surface area contributed by atoms with Gasteiger partial charge in [-0.3, -0.25) is 4.79 Å². The monoisotopic (exact) mass is 394 g/mol. The molecule has 0 unspecified atom stereocenters. The number of H-pyrrole nitrogens is 1. The van der Waals surface area contributed by atoms with Gasteiger partial charge in [-0.2, -0.15) is 0 Å². The van der Waals surface area contributed by atoms with Crippen molar-refractivity contribution < 1.29 is 14.3 Å². The van der Waals surface area contributed by atoms with Crippen molar-refractivity contribution in [1.29, 1.82) is 0 Å². The van der Waals surface area contributed by atoms with Crippen LogP contribution in [-0.2, 0) is 16.0 Å². The zero-order valence-electron chi connectivity index (χ0n) is 15.4. The number of benzene rings is 2. The predicted molar refractivity (Wildman–Crippen MR) is 109 cm³/mol. The highest BCUT2D eigenvalue weighted by molar-refractivity contribution is 6.33. The molecule has 1 aliphatic rings. The highest BCUT2D eigenvalue weighted by atomic mass is 35.5. The fraction of sp³-hybridized carbons (Fsp3) is 0.182. The Kier molecular flexibility index (Phi) is 4.92. The Morgan fingerprint density at radius 3 is 2.68 bits per heavy atom. The Morgan fingerprint density at radius 1 is 1.14 bits per heavy atom. The summed E-state index contributed by atoms with van der Waals surface area (Å²) in [7, 11) is 0. The van der Waals surface area contributed by atoms with Crippen molar-refractivity contribution in [2.75, 3.05) is 13.2 Å². The minimum atomic E-state index is -0.464. The molecule has 1 N–H and O–H groups in total. The SMILES string of the molecule is CCOC(=O)C1=CN(C(=O)c2ccccc2Cl)CCc2c1[nH]c1ccccc21. The van der Waals surface area contributed by atoms with Crippen LogP contribution in [-0.4, -0.2) is 34.9 Å². The Bertz CT molecular complexity index is 1100. The molecule has 0 radical (unpaired) electrons. The number of fused-ring (bicyclic) bond motifs is 3. The molecule has 142 valence electrons. The third-order valence-electron chi connectivity index (χ3n) is 4.83. The number of nitrogens with zero attached hydrogens (tertiary/aromatic N) is 1. The number of halogens is 1. The first-order valence-corrected chi connectivity index (χ1v) is 9.52. The van der Waals surface area contributed by atoms with Gasteiger partial charge in [0.05, 0.1) is 28.5 Å². The van der Waals surface area contributed by atoms with Crippen LogP contribution >= 0.6 is 11.6 Å². The Labute approximate surface area is 167 Å². The van der Waals surface area contributed by atoms with Crippen molar-refractivity contribution in [3.63, 3.8) is 0 Å². The van der Waals surface area contributed by atoms with E-state index in [0.29, 0.717) is 34.8 Å². The van der Waals surface area contributed by atoms with Crippen LogP contribution in [0.2, 0.25) is 5.02 Å². The van der Waals surface area contributed by atoms with Gasteiger partial charge in [-0.05, 0) is 37.1 Å². The van der Waals surface area contributed by atoms with E-state index < -0.39 is 5.97 Å². The minimum absolute atomic E-state index is 0.248. The number of esters is 1.